The fourth-order valence-corrected chi connectivity index (χ4v) is 3.74. The van der Waals surface area contributed by atoms with E-state index in [1.165, 1.54) is 20.0 Å². The van der Waals surface area contributed by atoms with E-state index in [-0.39, 0.29) is 5.76 Å². The molecule has 106 valence electrons. The molecule has 0 aliphatic heterocycles. The van der Waals surface area contributed by atoms with Crippen LogP contribution in [0.5, 0.6) is 0 Å². The minimum atomic E-state index is -0.439. The van der Waals surface area contributed by atoms with Crippen molar-refractivity contribution in [3.63, 3.8) is 0 Å². The number of aromatic nitrogens is 2. The van der Waals surface area contributed by atoms with Crippen LogP contribution < -0.4 is 0 Å². The van der Waals surface area contributed by atoms with E-state index in [9.17, 15) is 4.79 Å². The monoisotopic (exact) mass is 310 g/mol. The highest BCUT2D eigenvalue weighted by Gasteiger charge is 2.27. The van der Waals surface area contributed by atoms with Crippen molar-refractivity contribution in [1.82, 2.24) is 10.2 Å². The first-order valence-corrected chi connectivity index (χ1v) is 8.11. The summed E-state index contributed by atoms with van der Waals surface area (Å²) in [6.45, 7) is 1.83. The zero-order valence-corrected chi connectivity index (χ0v) is 12.8. The topological polar surface area (TPSA) is 65.2 Å². The number of nitrogens with zero attached hydrogens (tertiary/aromatic N) is 2. The van der Waals surface area contributed by atoms with Gasteiger partial charge in [0.1, 0.15) is 10.8 Å². The van der Waals surface area contributed by atoms with Gasteiger partial charge in [-0.1, -0.05) is 23.1 Å². The molecule has 1 aliphatic carbocycles. The molecule has 3 rings (SSSR count). The summed E-state index contributed by atoms with van der Waals surface area (Å²) in [4.78, 5) is 11.5. The molecule has 0 aromatic carbocycles. The summed E-state index contributed by atoms with van der Waals surface area (Å²) in [6.07, 6.45) is 2.47. The van der Waals surface area contributed by atoms with Crippen LogP contribution in [0.2, 0.25) is 0 Å². The molecule has 0 saturated heterocycles. The Balaban J connectivity index is 1.63. The van der Waals surface area contributed by atoms with Crippen LogP contribution in [-0.2, 0) is 10.5 Å². The molecule has 2 aromatic rings. The number of esters is 1. The minimum Gasteiger partial charge on any atom is -0.463 e. The second kappa shape index (κ2) is 5.57. The molecular weight excluding hydrogens is 296 g/mol. The number of thioether (sulfide) groups is 1. The van der Waals surface area contributed by atoms with Crippen LogP contribution >= 0.6 is 23.1 Å². The third kappa shape index (κ3) is 2.88. The molecule has 5 nitrogen and oxygen atoms in total. The highest BCUT2D eigenvalue weighted by Crippen LogP contribution is 2.42. The highest BCUT2D eigenvalue weighted by molar-refractivity contribution is 8.00. The van der Waals surface area contributed by atoms with Crippen molar-refractivity contribution < 1.29 is 13.9 Å². The number of rotatable bonds is 5. The molecule has 20 heavy (non-hydrogen) atoms. The maximum Gasteiger partial charge on any atom is 0.374 e. The van der Waals surface area contributed by atoms with Gasteiger partial charge in [-0.2, -0.15) is 0 Å². The van der Waals surface area contributed by atoms with Crippen molar-refractivity contribution >= 4 is 29.1 Å². The number of carbonyl (C=O) groups excluding carboxylic acids is 1. The van der Waals surface area contributed by atoms with Crippen molar-refractivity contribution in [1.29, 1.82) is 0 Å². The number of furan rings is 1. The van der Waals surface area contributed by atoms with Crippen molar-refractivity contribution in [3.8, 4) is 0 Å². The molecule has 7 heteroatoms. The summed E-state index contributed by atoms with van der Waals surface area (Å²) in [5.74, 6) is 1.86. The van der Waals surface area contributed by atoms with E-state index < -0.39 is 5.97 Å². The third-order valence-electron chi connectivity index (χ3n) is 3.03. The Kier molecular flexibility index (Phi) is 3.80. The van der Waals surface area contributed by atoms with Gasteiger partial charge in [0.05, 0.1) is 12.9 Å². The van der Waals surface area contributed by atoms with Crippen LogP contribution in [0.4, 0.5) is 0 Å². The molecule has 2 heterocycles. The molecule has 0 atom stereocenters. The zero-order chi connectivity index (χ0) is 14.1. The number of ether oxygens (including phenoxy) is 1. The molecule has 0 unspecified atom stereocenters. The maximum atomic E-state index is 11.5. The summed E-state index contributed by atoms with van der Waals surface area (Å²) in [6, 6.07) is 1.86. The second-order valence-corrected chi connectivity index (χ2v) is 6.92. The maximum absolute atomic E-state index is 11.5. The van der Waals surface area contributed by atoms with Gasteiger partial charge in [-0.25, -0.2) is 4.79 Å². The molecule has 0 spiro atoms. The van der Waals surface area contributed by atoms with Gasteiger partial charge in [0.15, 0.2) is 4.34 Å². The standard InChI is InChI=1S/C13H14N2O3S2/c1-7-5-9(18-10(7)12(16)17-2)6-19-13-15-14-11(20-13)8-3-4-8/h5,8H,3-4,6H2,1-2H3. The molecule has 0 amide bonds. The van der Waals surface area contributed by atoms with Gasteiger partial charge in [0, 0.05) is 11.5 Å². The van der Waals surface area contributed by atoms with Crippen LogP contribution in [0.15, 0.2) is 14.8 Å². The summed E-state index contributed by atoms with van der Waals surface area (Å²) < 4.78 is 11.1. The predicted molar refractivity (Wildman–Crippen MR) is 76.2 cm³/mol. The van der Waals surface area contributed by atoms with Gasteiger partial charge in [-0.15, -0.1) is 10.2 Å². The van der Waals surface area contributed by atoms with Crippen LogP contribution in [0.25, 0.3) is 0 Å². The fourth-order valence-electron chi connectivity index (χ4n) is 1.82. The number of methoxy groups -OCH3 is 1. The zero-order valence-electron chi connectivity index (χ0n) is 11.2. The van der Waals surface area contributed by atoms with Crippen molar-refractivity contribution in [3.05, 3.63) is 28.2 Å². The minimum absolute atomic E-state index is 0.277. The normalized spacial score (nSPS) is 14.5. The van der Waals surface area contributed by atoms with E-state index in [1.54, 1.807) is 23.1 Å². The highest BCUT2D eigenvalue weighted by atomic mass is 32.2. The Morgan fingerprint density at radius 1 is 1.55 bits per heavy atom. The number of aryl methyl sites for hydroxylation is 1. The summed E-state index contributed by atoms with van der Waals surface area (Å²) in [5, 5.41) is 9.51. The molecule has 0 bridgehead atoms. The van der Waals surface area contributed by atoms with Gasteiger partial charge in [-0.05, 0) is 25.8 Å². The van der Waals surface area contributed by atoms with Gasteiger partial charge < -0.3 is 9.15 Å². The van der Waals surface area contributed by atoms with E-state index in [4.69, 9.17) is 4.42 Å². The van der Waals surface area contributed by atoms with Gasteiger partial charge in [-0.3, -0.25) is 0 Å². The average Bonchev–Trinajstić information content (AvgIpc) is 3.07. The molecule has 1 fully saturated rings. The third-order valence-corrected chi connectivity index (χ3v) is 5.27. The lowest BCUT2D eigenvalue weighted by atomic mass is 10.3. The second-order valence-electron chi connectivity index (χ2n) is 4.69. The summed E-state index contributed by atoms with van der Waals surface area (Å²) in [7, 11) is 1.35. The lowest BCUT2D eigenvalue weighted by Crippen LogP contribution is -2.00. The Bertz CT molecular complexity index is 631. The summed E-state index contributed by atoms with van der Waals surface area (Å²) >= 11 is 3.23. The Labute approximate surface area is 124 Å². The van der Waals surface area contributed by atoms with E-state index in [2.05, 4.69) is 14.9 Å². The average molecular weight is 310 g/mol. The number of hydrogen-bond donors (Lipinski definition) is 0. The first kappa shape index (κ1) is 13.6. The molecule has 1 saturated carbocycles. The van der Waals surface area contributed by atoms with Gasteiger partial charge in [0.25, 0.3) is 0 Å². The van der Waals surface area contributed by atoms with Crippen molar-refractivity contribution in [2.75, 3.05) is 7.11 Å². The Morgan fingerprint density at radius 2 is 2.35 bits per heavy atom. The van der Waals surface area contributed by atoms with E-state index in [0.717, 1.165) is 20.7 Å². The molecule has 0 radical (unpaired) electrons. The molecule has 1 aliphatic rings. The SMILES string of the molecule is COC(=O)c1oc(CSc2nnc(C3CC3)s2)cc1C. The van der Waals surface area contributed by atoms with Gasteiger partial charge >= 0.3 is 5.97 Å². The van der Waals surface area contributed by atoms with E-state index in [1.807, 2.05) is 13.0 Å². The van der Waals surface area contributed by atoms with Crippen LogP contribution in [0.3, 0.4) is 0 Å². The lowest BCUT2D eigenvalue weighted by molar-refractivity contribution is 0.0562. The smallest absolute Gasteiger partial charge is 0.374 e. The molecule has 2 aromatic heterocycles. The van der Waals surface area contributed by atoms with E-state index >= 15 is 0 Å². The van der Waals surface area contributed by atoms with Crippen LogP contribution in [0, 0.1) is 6.92 Å². The largest absolute Gasteiger partial charge is 0.463 e. The predicted octanol–water partition coefficient (Wildman–Crippen LogP) is 3.40. The lowest BCUT2D eigenvalue weighted by Gasteiger charge is -1.95. The summed E-state index contributed by atoms with van der Waals surface area (Å²) in [5.41, 5.74) is 0.795. The number of hydrogen-bond acceptors (Lipinski definition) is 7. The van der Waals surface area contributed by atoms with Crippen molar-refractivity contribution in [2.24, 2.45) is 0 Å². The molecule has 0 N–H and O–H groups in total. The van der Waals surface area contributed by atoms with E-state index in [0.29, 0.717) is 11.7 Å². The van der Waals surface area contributed by atoms with Gasteiger partial charge in [0.2, 0.25) is 5.76 Å². The van der Waals surface area contributed by atoms with Crippen LogP contribution in [0.1, 0.15) is 45.6 Å². The van der Waals surface area contributed by atoms with Crippen molar-refractivity contribution in [2.45, 2.75) is 35.8 Å². The first-order valence-electron chi connectivity index (χ1n) is 6.31. The Hall–Kier alpha value is -1.34. The fraction of sp³-hybridized carbons (Fsp3) is 0.462. The Morgan fingerprint density at radius 3 is 3.05 bits per heavy atom. The van der Waals surface area contributed by atoms with Crippen LogP contribution in [-0.4, -0.2) is 23.3 Å². The molecular formula is C13H14N2O3S2. The number of carbonyl (C=O) groups is 1. The quantitative estimate of drug-likeness (QED) is 0.623. The first-order chi connectivity index (χ1) is 9.67.